The smallest absolute Gasteiger partial charge is 0.224 e. The molecular formula is C34H35N3O2. The molecule has 5 aromatic rings. The van der Waals surface area contributed by atoms with Gasteiger partial charge in [0.1, 0.15) is 11.6 Å². The summed E-state index contributed by atoms with van der Waals surface area (Å²) in [7, 11) is 0. The summed E-state index contributed by atoms with van der Waals surface area (Å²) in [5.74, 6) is 1.94. The van der Waals surface area contributed by atoms with Gasteiger partial charge in [0.2, 0.25) is 5.91 Å². The van der Waals surface area contributed by atoms with Gasteiger partial charge in [-0.2, -0.15) is 0 Å². The molecule has 0 unspecified atom stereocenters. The van der Waals surface area contributed by atoms with Crippen molar-refractivity contribution < 1.29 is 9.53 Å². The maximum atomic E-state index is 12.6. The summed E-state index contributed by atoms with van der Waals surface area (Å²) >= 11 is 0. The first-order valence-electron chi connectivity index (χ1n) is 13.7. The van der Waals surface area contributed by atoms with Crippen LogP contribution in [0.1, 0.15) is 29.8 Å². The third kappa shape index (κ3) is 7.14. The fourth-order valence-electron chi connectivity index (χ4n) is 4.77. The molecule has 4 aromatic carbocycles. The van der Waals surface area contributed by atoms with Crippen molar-refractivity contribution in [3.63, 3.8) is 0 Å². The summed E-state index contributed by atoms with van der Waals surface area (Å²) in [5, 5.41) is 3.08. The van der Waals surface area contributed by atoms with Crippen LogP contribution >= 0.6 is 0 Å². The summed E-state index contributed by atoms with van der Waals surface area (Å²) in [6.45, 7) is 4.19. The van der Waals surface area contributed by atoms with Gasteiger partial charge >= 0.3 is 0 Å². The topological polar surface area (TPSA) is 56.1 Å². The third-order valence-electron chi connectivity index (χ3n) is 6.90. The van der Waals surface area contributed by atoms with Crippen molar-refractivity contribution in [2.45, 2.75) is 39.2 Å². The number of nitrogens with one attached hydrogen (secondary N) is 1. The lowest BCUT2D eigenvalue weighted by atomic mass is 10.0. The Morgan fingerprint density at radius 1 is 0.821 bits per heavy atom. The van der Waals surface area contributed by atoms with Crippen LogP contribution < -0.4 is 10.1 Å². The standard InChI is InChI=1S/C34H35N3O2/c1-26-13-19-30(20-14-26)39-24-8-7-23-37-32-12-6-5-11-31(32)36-33(37)21-22-35-34(38)25-27-15-17-29(18-16-27)28-9-3-2-4-10-28/h2-6,9-20H,7-8,21-25H2,1H3,(H,35,38). The average molecular weight is 518 g/mol. The Bertz CT molecular complexity index is 1490. The zero-order valence-electron chi connectivity index (χ0n) is 22.5. The summed E-state index contributed by atoms with van der Waals surface area (Å²) in [6.07, 6.45) is 3.00. The number of imidazole rings is 1. The molecule has 5 nitrogen and oxygen atoms in total. The molecular weight excluding hydrogens is 482 g/mol. The van der Waals surface area contributed by atoms with E-state index in [1.54, 1.807) is 0 Å². The molecule has 0 bridgehead atoms. The third-order valence-corrected chi connectivity index (χ3v) is 6.90. The molecule has 5 heteroatoms. The van der Waals surface area contributed by atoms with Crippen LogP contribution in [-0.4, -0.2) is 28.6 Å². The summed E-state index contributed by atoms with van der Waals surface area (Å²) in [6, 6.07) is 34.9. The molecule has 0 fully saturated rings. The Hall–Kier alpha value is -4.38. The molecule has 1 aromatic heterocycles. The van der Waals surface area contributed by atoms with E-state index in [9.17, 15) is 4.79 Å². The van der Waals surface area contributed by atoms with Crippen molar-refractivity contribution in [2.24, 2.45) is 0 Å². The van der Waals surface area contributed by atoms with E-state index in [0.717, 1.165) is 53.1 Å². The van der Waals surface area contributed by atoms with Crippen molar-refractivity contribution in [3.05, 3.63) is 120 Å². The number of carbonyl (C=O) groups excluding carboxylic acids is 1. The van der Waals surface area contributed by atoms with Gasteiger partial charge in [0, 0.05) is 19.5 Å². The first-order valence-corrected chi connectivity index (χ1v) is 13.7. The number of aromatic nitrogens is 2. The minimum absolute atomic E-state index is 0.0263. The molecule has 0 aliphatic heterocycles. The van der Waals surface area contributed by atoms with Crippen LogP contribution in [0.2, 0.25) is 0 Å². The Morgan fingerprint density at radius 2 is 1.54 bits per heavy atom. The van der Waals surface area contributed by atoms with Crippen molar-refractivity contribution >= 4 is 16.9 Å². The second kappa shape index (κ2) is 12.9. The summed E-state index contributed by atoms with van der Waals surface area (Å²) in [4.78, 5) is 17.5. The van der Waals surface area contributed by atoms with Gasteiger partial charge in [0.05, 0.1) is 24.1 Å². The van der Waals surface area contributed by atoms with E-state index in [-0.39, 0.29) is 5.91 Å². The Morgan fingerprint density at radius 3 is 2.33 bits per heavy atom. The number of unbranched alkanes of at least 4 members (excludes halogenated alkanes) is 1. The largest absolute Gasteiger partial charge is 0.494 e. The Kier molecular flexibility index (Phi) is 8.69. The minimum Gasteiger partial charge on any atom is -0.494 e. The molecule has 0 aliphatic rings. The highest BCUT2D eigenvalue weighted by Crippen LogP contribution is 2.20. The number of amides is 1. The van der Waals surface area contributed by atoms with Crippen molar-refractivity contribution in [1.82, 2.24) is 14.9 Å². The van der Waals surface area contributed by atoms with Crippen molar-refractivity contribution in [1.29, 1.82) is 0 Å². The second-order valence-electron chi connectivity index (χ2n) is 9.88. The van der Waals surface area contributed by atoms with Crippen LogP contribution in [0, 0.1) is 6.92 Å². The summed E-state index contributed by atoms with van der Waals surface area (Å²) in [5.41, 5.74) is 6.70. The van der Waals surface area contributed by atoms with Gasteiger partial charge in [0.15, 0.2) is 0 Å². The van der Waals surface area contributed by atoms with Gasteiger partial charge in [-0.05, 0) is 60.7 Å². The number of nitrogens with zero attached hydrogens (tertiary/aromatic N) is 2. The Balaban J connectivity index is 1.11. The van der Waals surface area contributed by atoms with E-state index in [4.69, 9.17) is 9.72 Å². The van der Waals surface area contributed by atoms with E-state index < -0.39 is 0 Å². The molecule has 1 amide bonds. The van der Waals surface area contributed by atoms with Crippen LogP contribution in [-0.2, 0) is 24.2 Å². The highest BCUT2D eigenvalue weighted by Gasteiger charge is 2.11. The molecule has 0 atom stereocenters. The number of para-hydroxylation sites is 2. The number of hydrogen-bond acceptors (Lipinski definition) is 3. The first kappa shape index (κ1) is 26.2. The fraction of sp³-hybridized carbons (Fsp3) is 0.235. The molecule has 0 spiro atoms. The van der Waals surface area contributed by atoms with Gasteiger partial charge in [-0.3, -0.25) is 4.79 Å². The maximum Gasteiger partial charge on any atom is 0.224 e. The number of hydrogen-bond donors (Lipinski definition) is 1. The normalized spacial score (nSPS) is 11.0. The molecule has 1 N–H and O–H groups in total. The lowest BCUT2D eigenvalue weighted by Gasteiger charge is -2.11. The van der Waals surface area contributed by atoms with E-state index in [1.165, 1.54) is 11.1 Å². The zero-order valence-corrected chi connectivity index (χ0v) is 22.5. The predicted octanol–water partition coefficient (Wildman–Crippen LogP) is 6.77. The van der Waals surface area contributed by atoms with Crippen LogP contribution in [0.5, 0.6) is 5.75 Å². The van der Waals surface area contributed by atoms with E-state index >= 15 is 0 Å². The van der Waals surface area contributed by atoms with Crippen LogP contribution in [0.4, 0.5) is 0 Å². The van der Waals surface area contributed by atoms with Gasteiger partial charge in [0.25, 0.3) is 0 Å². The van der Waals surface area contributed by atoms with Crippen molar-refractivity contribution in [2.75, 3.05) is 13.2 Å². The van der Waals surface area contributed by atoms with Crippen molar-refractivity contribution in [3.8, 4) is 16.9 Å². The monoisotopic (exact) mass is 517 g/mol. The maximum absolute atomic E-state index is 12.6. The van der Waals surface area contributed by atoms with Gasteiger partial charge in [-0.25, -0.2) is 4.98 Å². The molecule has 0 radical (unpaired) electrons. The first-order chi connectivity index (χ1) is 19.2. The lowest BCUT2D eigenvalue weighted by molar-refractivity contribution is -0.120. The quantitative estimate of drug-likeness (QED) is 0.186. The number of rotatable bonds is 12. The van der Waals surface area contributed by atoms with Gasteiger partial charge in [-0.1, -0.05) is 84.4 Å². The van der Waals surface area contributed by atoms with E-state index in [0.29, 0.717) is 26.0 Å². The highest BCUT2D eigenvalue weighted by molar-refractivity contribution is 5.79. The average Bonchev–Trinajstić information content (AvgIpc) is 3.32. The molecule has 0 aliphatic carbocycles. The van der Waals surface area contributed by atoms with Gasteiger partial charge < -0.3 is 14.6 Å². The van der Waals surface area contributed by atoms with Gasteiger partial charge in [-0.15, -0.1) is 0 Å². The number of aryl methyl sites for hydroxylation is 2. The Labute approximate surface area is 230 Å². The van der Waals surface area contributed by atoms with E-state index in [2.05, 4.69) is 65.3 Å². The minimum atomic E-state index is 0.0263. The number of benzene rings is 4. The fourth-order valence-corrected chi connectivity index (χ4v) is 4.77. The number of carbonyl (C=O) groups is 1. The van der Waals surface area contributed by atoms with E-state index in [1.807, 2.05) is 54.6 Å². The lowest BCUT2D eigenvalue weighted by Crippen LogP contribution is -2.28. The number of fused-ring (bicyclic) bond motifs is 1. The molecule has 1 heterocycles. The molecule has 0 saturated heterocycles. The zero-order chi connectivity index (χ0) is 26.9. The highest BCUT2D eigenvalue weighted by atomic mass is 16.5. The van der Waals surface area contributed by atoms with Crippen LogP contribution in [0.3, 0.4) is 0 Å². The van der Waals surface area contributed by atoms with Crippen LogP contribution in [0.15, 0.2) is 103 Å². The predicted molar refractivity (Wildman–Crippen MR) is 158 cm³/mol. The second-order valence-corrected chi connectivity index (χ2v) is 9.88. The molecule has 0 saturated carbocycles. The number of ether oxygens (including phenoxy) is 1. The SMILES string of the molecule is Cc1ccc(OCCCCn2c(CCNC(=O)Cc3ccc(-c4ccccc4)cc3)nc3ccccc32)cc1. The molecule has 39 heavy (non-hydrogen) atoms. The molecule has 5 rings (SSSR count). The summed E-state index contributed by atoms with van der Waals surface area (Å²) < 4.78 is 8.18. The van der Waals surface area contributed by atoms with Crippen LogP contribution in [0.25, 0.3) is 22.2 Å². The molecule has 198 valence electrons.